The third-order valence-corrected chi connectivity index (χ3v) is 9.63. The Bertz CT molecular complexity index is 1310. The molecular weight excluding hydrogens is 514 g/mol. The number of nitrogens with zero attached hydrogens (tertiary/aromatic N) is 2. The Hall–Kier alpha value is -2.78. The molecule has 37 heavy (non-hydrogen) atoms. The molecule has 2 aliphatic heterocycles. The number of piperidine rings is 1. The summed E-state index contributed by atoms with van der Waals surface area (Å²) in [7, 11) is -4.07. The highest BCUT2D eigenvalue weighted by Gasteiger charge is 2.42. The molecule has 0 radical (unpaired) electrons. The molecule has 2 unspecified atom stereocenters. The van der Waals surface area contributed by atoms with Crippen molar-refractivity contribution in [3.05, 3.63) is 53.1 Å². The second-order valence-electron chi connectivity index (χ2n) is 10.6. The first-order valence-corrected chi connectivity index (χ1v) is 14.6. The predicted octanol–water partition coefficient (Wildman–Crippen LogP) is 5.42. The zero-order chi connectivity index (χ0) is 26.4. The number of urea groups is 1. The summed E-state index contributed by atoms with van der Waals surface area (Å²) < 4.78 is 33.1. The summed E-state index contributed by atoms with van der Waals surface area (Å²) in [4.78, 5) is 28.1. The largest absolute Gasteiger partial charge is 0.478 e. The second kappa shape index (κ2) is 9.83. The number of anilines is 1. The number of hydrogen-bond donors (Lipinski definition) is 1. The average Bonchev–Trinajstić information content (AvgIpc) is 2.87. The van der Waals surface area contributed by atoms with Gasteiger partial charge in [-0.25, -0.2) is 17.5 Å². The first-order chi connectivity index (χ1) is 17.6. The fourth-order valence-corrected chi connectivity index (χ4v) is 7.49. The van der Waals surface area contributed by atoms with Crippen LogP contribution in [0.5, 0.6) is 5.75 Å². The molecule has 1 saturated heterocycles. The molecule has 1 aliphatic carbocycles. The molecule has 2 atom stereocenters. The minimum absolute atomic E-state index is 0.00147. The van der Waals surface area contributed by atoms with E-state index in [-0.39, 0.29) is 28.1 Å². The molecule has 5 rings (SSSR count). The summed E-state index contributed by atoms with van der Waals surface area (Å²) in [6.07, 6.45) is 6.89. The van der Waals surface area contributed by atoms with Crippen LogP contribution in [0, 0.1) is 5.92 Å². The molecule has 0 spiro atoms. The van der Waals surface area contributed by atoms with Crippen molar-refractivity contribution in [3.63, 3.8) is 0 Å². The van der Waals surface area contributed by atoms with Crippen molar-refractivity contribution in [3.8, 4) is 5.75 Å². The third kappa shape index (κ3) is 5.03. The molecule has 2 heterocycles. The van der Waals surface area contributed by atoms with Crippen LogP contribution in [0.2, 0.25) is 5.02 Å². The van der Waals surface area contributed by atoms with Gasteiger partial charge in [0.2, 0.25) is 0 Å². The number of fused-ring (bicyclic) bond motifs is 2. The van der Waals surface area contributed by atoms with Crippen molar-refractivity contribution >= 4 is 39.2 Å². The number of rotatable bonds is 5. The minimum atomic E-state index is -4.07. The van der Waals surface area contributed by atoms with Crippen LogP contribution >= 0.6 is 11.6 Å². The lowest BCUT2D eigenvalue weighted by Gasteiger charge is -2.46. The lowest BCUT2D eigenvalue weighted by molar-refractivity contribution is -0.152. The number of hydrogen-bond acceptors (Lipinski definition) is 5. The normalized spacial score (nSPS) is 23.1. The number of amides is 3. The Morgan fingerprint density at radius 2 is 1.78 bits per heavy atom. The van der Waals surface area contributed by atoms with Crippen molar-refractivity contribution in [1.82, 2.24) is 9.21 Å². The molecular formula is C27H32ClN3O5S. The molecule has 2 fully saturated rings. The smallest absolute Gasteiger partial charge is 0.336 e. The van der Waals surface area contributed by atoms with Crippen molar-refractivity contribution in [2.24, 2.45) is 5.92 Å². The Labute approximate surface area is 223 Å². The number of carbonyl (C=O) groups is 2. The molecule has 3 aliphatic rings. The number of ether oxygens (including phenoxy) is 1. The second-order valence-corrected chi connectivity index (χ2v) is 12.9. The fraction of sp³-hybridized carbons (Fsp3) is 0.481. The van der Waals surface area contributed by atoms with E-state index in [9.17, 15) is 18.0 Å². The molecule has 3 amide bonds. The van der Waals surface area contributed by atoms with Gasteiger partial charge in [0.05, 0.1) is 12.2 Å². The summed E-state index contributed by atoms with van der Waals surface area (Å²) in [6.45, 7) is 4.21. The van der Waals surface area contributed by atoms with Gasteiger partial charge in [-0.1, -0.05) is 36.6 Å². The maximum absolute atomic E-state index is 13.5. The number of sulfonamides is 1. The van der Waals surface area contributed by atoms with Gasteiger partial charge in [-0.05, 0) is 81.3 Å². The Balaban J connectivity index is 1.28. The highest BCUT2D eigenvalue weighted by Crippen LogP contribution is 2.37. The lowest BCUT2D eigenvalue weighted by Crippen LogP contribution is -2.57. The van der Waals surface area contributed by atoms with Gasteiger partial charge >= 0.3 is 6.03 Å². The van der Waals surface area contributed by atoms with Gasteiger partial charge in [0.25, 0.3) is 15.9 Å². The first kappa shape index (κ1) is 25.9. The Kier molecular flexibility index (Phi) is 6.87. The number of nitrogens with one attached hydrogen (secondary N) is 1. The van der Waals surface area contributed by atoms with Gasteiger partial charge < -0.3 is 15.0 Å². The van der Waals surface area contributed by atoms with E-state index in [0.717, 1.165) is 30.1 Å². The van der Waals surface area contributed by atoms with E-state index in [4.69, 9.17) is 16.3 Å². The maximum atomic E-state index is 13.5. The van der Waals surface area contributed by atoms with E-state index in [0.29, 0.717) is 23.3 Å². The van der Waals surface area contributed by atoms with Crippen LogP contribution in [0.15, 0.2) is 47.4 Å². The molecule has 2 aromatic carbocycles. The number of benzene rings is 2. The number of halogens is 1. The first-order valence-electron chi connectivity index (χ1n) is 12.8. The predicted molar refractivity (Wildman–Crippen MR) is 141 cm³/mol. The summed E-state index contributed by atoms with van der Waals surface area (Å²) in [5.74, 6) is 1.09. The summed E-state index contributed by atoms with van der Waals surface area (Å²) >= 11 is 5.99. The Morgan fingerprint density at radius 3 is 2.54 bits per heavy atom. The summed E-state index contributed by atoms with van der Waals surface area (Å²) in [6, 6.07) is 10.7. The molecule has 8 nitrogen and oxygen atoms in total. The molecule has 0 aromatic heterocycles. The standard InChI is InChI=1S/C27H32ClN3O5S/c1-27(2,25(32)30-15-5-7-19-6-3-4-8-23(19)30)36-21-12-9-18(10-13-21)17-31-26(33)29-22-14-11-20(28)16-24(22)37(31,34)35/h9-14,16,19,23H,3-8,15,17H2,1-2H3,(H,29,33). The van der Waals surface area contributed by atoms with Gasteiger partial charge in [-0.3, -0.25) is 4.79 Å². The fourth-order valence-electron chi connectivity index (χ4n) is 5.76. The molecule has 1 saturated carbocycles. The van der Waals surface area contributed by atoms with Crippen molar-refractivity contribution in [2.45, 2.75) is 75.5 Å². The highest BCUT2D eigenvalue weighted by atomic mass is 35.5. The number of carbonyl (C=O) groups excluding carboxylic acids is 2. The minimum Gasteiger partial charge on any atom is -0.478 e. The molecule has 198 valence electrons. The number of likely N-dealkylation sites (tertiary alicyclic amines) is 1. The van der Waals surface area contributed by atoms with Gasteiger partial charge in [0.1, 0.15) is 10.6 Å². The van der Waals surface area contributed by atoms with Crippen LogP contribution in [0.25, 0.3) is 0 Å². The van der Waals surface area contributed by atoms with Gasteiger partial charge in [-0.2, -0.15) is 0 Å². The SMILES string of the molecule is CC(C)(Oc1ccc(CN2C(=O)Nc3ccc(Cl)cc3S2(=O)=O)cc1)C(=O)N1CCCC2CCCCC21. The topological polar surface area (TPSA) is 96.0 Å². The van der Waals surface area contributed by atoms with Crippen LogP contribution in [0.1, 0.15) is 57.9 Å². The molecule has 0 bridgehead atoms. The van der Waals surface area contributed by atoms with E-state index in [1.165, 1.54) is 37.5 Å². The van der Waals surface area contributed by atoms with Crippen molar-refractivity contribution in [1.29, 1.82) is 0 Å². The van der Waals surface area contributed by atoms with Crippen LogP contribution in [0.4, 0.5) is 10.5 Å². The monoisotopic (exact) mass is 545 g/mol. The zero-order valence-corrected chi connectivity index (χ0v) is 22.6. The molecule has 2 aromatic rings. The Morgan fingerprint density at radius 1 is 1.08 bits per heavy atom. The molecule has 1 N–H and O–H groups in total. The van der Waals surface area contributed by atoms with Crippen molar-refractivity contribution < 1.29 is 22.7 Å². The van der Waals surface area contributed by atoms with Crippen LogP contribution in [0.3, 0.4) is 0 Å². The highest BCUT2D eigenvalue weighted by molar-refractivity contribution is 7.90. The van der Waals surface area contributed by atoms with E-state index in [2.05, 4.69) is 5.32 Å². The average molecular weight is 546 g/mol. The van der Waals surface area contributed by atoms with E-state index in [1.807, 2.05) is 4.90 Å². The quantitative estimate of drug-likeness (QED) is 0.541. The van der Waals surface area contributed by atoms with E-state index < -0.39 is 21.7 Å². The van der Waals surface area contributed by atoms with Gasteiger partial charge in [0.15, 0.2) is 5.60 Å². The van der Waals surface area contributed by atoms with Gasteiger partial charge in [-0.15, -0.1) is 0 Å². The third-order valence-electron chi connectivity index (χ3n) is 7.62. The van der Waals surface area contributed by atoms with Crippen LogP contribution < -0.4 is 10.1 Å². The van der Waals surface area contributed by atoms with Crippen LogP contribution in [-0.4, -0.2) is 47.7 Å². The van der Waals surface area contributed by atoms with Gasteiger partial charge in [0, 0.05) is 17.6 Å². The summed E-state index contributed by atoms with van der Waals surface area (Å²) in [5.41, 5.74) is -0.240. The lowest BCUT2D eigenvalue weighted by atomic mass is 9.78. The van der Waals surface area contributed by atoms with E-state index in [1.54, 1.807) is 38.1 Å². The zero-order valence-electron chi connectivity index (χ0n) is 21.1. The molecule has 10 heteroatoms. The van der Waals surface area contributed by atoms with Crippen LogP contribution in [-0.2, 0) is 21.4 Å². The van der Waals surface area contributed by atoms with E-state index >= 15 is 0 Å². The summed E-state index contributed by atoms with van der Waals surface area (Å²) in [5, 5.41) is 2.87. The van der Waals surface area contributed by atoms with Crippen molar-refractivity contribution in [2.75, 3.05) is 11.9 Å². The maximum Gasteiger partial charge on any atom is 0.336 e.